The fraction of sp³-hybridized carbons (Fsp3) is 0.500. The van der Waals surface area contributed by atoms with Crippen molar-refractivity contribution in [3.63, 3.8) is 0 Å². The Bertz CT molecular complexity index is 728. The molecule has 140 valence electrons. The number of hydrogen-bond donors (Lipinski definition) is 2. The van der Waals surface area contributed by atoms with Crippen LogP contribution in [0.4, 0.5) is 10.5 Å². The molecule has 8 nitrogen and oxygen atoms in total. The smallest absolute Gasteiger partial charge is 0.325 e. The highest BCUT2D eigenvalue weighted by Crippen LogP contribution is 2.34. The maximum atomic E-state index is 12.7. The fourth-order valence-corrected chi connectivity index (χ4v) is 3.56. The third-order valence-corrected chi connectivity index (χ3v) is 4.94. The summed E-state index contributed by atoms with van der Waals surface area (Å²) in [6.07, 6.45) is 4.10. The molecule has 26 heavy (non-hydrogen) atoms. The zero-order valence-electron chi connectivity index (χ0n) is 15.0. The second kappa shape index (κ2) is 7.23. The lowest BCUT2D eigenvalue weighted by Gasteiger charge is -2.30. The fourth-order valence-electron chi connectivity index (χ4n) is 3.56. The van der Waals surface area contributed by atoms with Crippen LogP contribution in [0.3, 0.4) is 0 Å². The summed E-state index contributed by atoms with van der Waals surface area (Å²) >= 11 is 0. The van der Waals surface area contributed by atoms with Gasteiger partial charge in [0.05, 0.1) is 19.9 Å². The maximum Gasteiger partial charge on any atom is 0.325 e. The normalized spacial score (nSPS) is 18.6. The van der Waals surface area contributed by atoms with Gasteiger partial charge in [0.25, 0.3) is 5.91 Å². The second-order valence-electron chi connectivity index (χ2n) is 6.58. The van der Waals surface area contributed by atoms with Crippen molar-refractivity contribution in [2.45, 2.75) is 37.6 Å². The number of ether oxygens (including phenoxy) is 2. The van der Waals surface area contributed by atoms with E-state index in [-0.39, 0.29) is 12.5 Å². The summed E-state index contributed by atoms with van der Waals surface area (Å²) in [5.74, 6) is 0.222. The molecule has 3 rings (SSSR count). The summed E-state index contributed by atoms with van der Waals surface area (Å²) in [7, 11) is 3.01. The predicted molar refractivity (Wildman–Crippen MR) is 94.2 cm³/mol. The Hall–Kier alpha value is -2.77. The summed E-state index contributed by atoms with van der Waals surface area (Å²) in [5.41, 5.74) is -0.417. The molecule has 8 heteroatoms. The van der Waals surface area contributed by atoms with Gasteiger partial charge in [0.15, 0.2) is 0 Å². The molecule has 1 saturated heterocycles. The van der Waals surface area contributed by atoms with Crippen LogP contribution >= 0.6 is 0 Å². The molecule has 1 heterocycles. The van der Waals surface area contributed by atoms with Gasteiger partial charge in [0, 0.05) is 6.07 Å². The third kappa shape index (κ3) is 3.31. The molecular weight excluding hydrogens is 338 g/mol. The van der Waals surface area contributed by atoms with E-state index in [4.69, 9.17) is 9.47 Å². The van der Waals surface area contributed by atoms with Gasteiger partial charge >= 0.3 is 6.03 Å². The lowest BCUT2D eigenvalue weighted by atomic mass is 9.82. The van der Waals surface area contributed by atoms with Crippen LogP contribution in [0.1, 0.15) is 32.1 Å². The molecule has 1 saturated carbocycles. The average molecular weight is 361 g/mol. The number of anilines is 1. The molecule has 0 unspecified atom stereocenters. The third-order valence-electron chi connectivity index (χ3n) is 4.94. The Morgan fingerprint density at radius 2 is 1.92 bits per heavy atom. The van der Waals surface area contributed by atoms with Gasteiger partial charge in [-0.1, -0.05) is 19.3 Å². The van der Waals surface area contributed by atoms with Gasteiger partial charge in [-0.15, -0.1) is 0 Å². The summed E-state index contributed by atoms with van der Waals surface area (Å²) in [5, 5.41) is 5.47. The van der Waals surface area contributed by atoms with Gasteiger partial charge in [0.1, 0.15) is 23.6 Å². The first-order valence-electron chi connectivity index (χ1n) is 8.65. The number of hydrogen-bond acceptors (Lipinski definition) is 5. The Labute approximate surface area is 151 Å². The Morgan fingerprint density at radius 1 is 1.19 bits per heavy atom. The van der Waals surface area contributed by atoms with Crippen molar-refractivity contribution in [2.75, 3.05) is 26.1 Å². The highest BCUT2D eigenvalue weighted by atomic mass is 16.5. The van der Waals surface area contributed by atoms with Crippen molar-refractivity contribution in [1.82, 2.24) is 10.2 Å². The molecule has 0 radical (unpaired) electrons. The van der Waals surface area contributed by atoms with Crippen molar-refractivity contribution in [3.8, 4) is 11.5 Å². The van der Waals surface area contributed by atoms with Crippen molar-refractivity contribution < 1.29 is 23.9 Å². The van der Waals surface area contributed by atoms with Crippen molar-refractivity contribution >= 4 is 23.5 Å². The Morgan fingerprint density at radius 3 is 2.58 bits per heavy atom. The summed E-state index contributed by atoms with van der Waals surface area (Å²) < 4.78 is 10.4. The van der Waals surface area contributed by atoms with Gasteiger partial charge in [-0.3, -0.25) is 14.5 Å². The van der Waals surface area contributed by atoms with Crippen molar-refractivity contribution in [2.24, 2.45) is 0 Å². The van der Waals surface area contributed by atoms with E-state index < -0.39 is 17.5 Å². The molecule has 1 spiro atoms. The molecule has 2 aliphatic rings. The number of rotatable bonds is 5. The first-order chi connectivity index (χ1) is 12.5. The molecule has 1 aliphatic carbocycles. The molecule has 0 bridgehead atoms. The molecule has 2 N–H and O–H groups in total. The van der Waals surface area contributed by atoms with E-state index >= 15 is 0 Å². The van der Waals surface area contributed by atoms with E-state index in [0.717, 1.165) is 24.2 Å². The first kappa shape index (κ1) is 18.0. The summed E-state index contributed by atoms with van der Waals surface area (Å²) in [4.78, 5) is 38.4. The standard InChI is InChI=1S/C18H23N3O5/c1-25-12-6-7-14(26-2)13(10-12)19-15(22)11-21-16(23)18(20-17(21)24)8-4-3-5-9-18/h6-7,10H,3-5,8-9,11H2,1-2H3,(H,19,22)(H,20,24). The van der Waals surface area contributed by atoms with E-state index in [1.54, 1.807) is 18.2 Å². The van der Waals surface area contributed by atoms with Crippen LogP contribution in [0.5, 0.6) is 11.5 Å². The topological polar surface area (TPSA) is 97.0 Å². The molecule has 1 aliphatic heterocycles. The Kier molecular flexibility index (Phi) is 5.01. The number of nitrogens with one attached hydrogen (secondary N) is 2. The first-order valence-corrected chi connectivity index (χ1v) is 8.65. The van der Waals surface area contributed by atoms with Crippen molar-refractivity contribution in [1.29, 1.82) is 0 Å². The van der Waals surface area contributed by atoms with Crippen LogP contribution in [0.25, 0.3) is 0 Å². The van der Waals surface area contributed by atoms with Gasteiger partial charge in [-0.25, -0.2) is 4.79 Å². The maximum absolute atomic E-state index is 12.7. The molecular formula is C18H23N3O5. The quantitative estimate of drug-likeness (QED) is 0.781. The van der Waals surface area contributed by atoms with Crippen LogP contribution in [0.15, 0.2) is 18.2 Å². The van der Waals surface area contributed by atoms with Crippen LogP contribution in [0.2, 0.25) is 0 Å². The number of carbonyl (C=O) groups excluding carboxylic acids is 3. The number of nitrogens with zero attached hydrogens (tertiary/aromatic N) is 1. The molecule has 0 atom stereocenters. The van der Waals surface area contributed by atoms with Gasteiger partial charge < -0.3 is 20.1 Å². The lowest BCUT2D eigenvalue weighted by molar-refractivity contribution is -0.134. The Balaban J connectivity index is 1.70. The number of benzene rings is 1. The molecule has 4 amide bonds. The number of amides is 4. The molecule has 0 aromatic heterocycles. The molecule has 1 aromatic rings. The van der Waals surface area contributed by atoms with Crippen LogP contribution in [-0.4, -0.2) is 49.0 Å². The lowest BCUT2D eigenvalue weighted by Crippen LogP contribution is -2.48. The number of carbonyl (C=O) groups is 3. The van der Waals surface area contributed by atoms with Crippen LogP contribution < -0.4 is 20.1 Å². The zero-order chi connectivity index (χ0) is 18.7. The average Bonchev–Trinajstić information content (AvgIpc) is 2.86. The monoisotopic (exact) mass is 361 g/mol. The number of urea groups is 1. The van der Waals surface area contributed by atoms with Gasteiger partial charge in [-0.05, 0) is 25.0 Å². The van der Waals surface area contributed by atoms with E-state index in [9.17, 15) is 14.4 Å². The van der Waals surface area contributed by atoms with Crippen LogP contribution in [-0.2, 0) is 9.59 Å². The van der Waals surface area contributed by atoms with Gasteiger partial charge in [0.2, 0.25) is 5.91 Å². The minimum Gasteiger partial charge on any atom is -0.497 e. The molecule has 2 fully saturated rings. The summed E-state index contributed by atoms with van der Waals surface area (Å²) in [6.45, 7) is -0.340. The number of methoxy groups -OCH3 is 2. The minimum absolute atomic E-state index is 0.310. The van der Waals surface area contributed by atoms with Gasteiger partial charge in [-0.2, -0.15) is 0 Å². The highest BCUT2D eigenvalue weighted by Gasteiger charge is 2.51. The summed E-state index contributed by atoms with van der Waals surface area (Å²) in [6, 6.07) is 4.48. The SMILES string of the molecule is COc1ccc(OC)c(NC(=O)CN2C(=O)NC3(CCCCC3)C2=O)c1. The van der Waals surface area contributed by atoms with Crippen molar-refractivity contribution in [3.05, 3.63) is 18.2 Å². The second-order valence-corrected chi connectivity index (χ2v) is 6.58. The largest absolute Gasteiger partial charge is 0.497 e. The van der Waals surface area contributed by atoms with E-state index in [2.05, 4.69) is 10.6 Å². The van der Waals surface area contributed by atoms with Crippen LogP contribution in [0, 0.1) is 0 Å². The van der Waals surface area contributed by atoms with E-state index in [0.29, 0.717) is 30.0 Å². The van der Waals surface area contributed by atoms with E-state index in [1.165, 1.54) is 14.2 Å². The van der Waals surface area contributed by atoms with E-state index in [1.807, 2.05) is 0 Å². The zero-order valence-corrected chi connectivity index (χ0v) is 15.0. The molecule has 1 aromatic carbocycles. The number of imide groups is 1. The minimum atomic E-state index is -0.830. The highest BCUT2D eigenvalue weighted by molar-refractivity contribution is 6.10. The predicted octanol–water partition coefficient (Wildman–Crippen LogP) is 1.90.